The molecule has 4 N–H and O–H groups in total. The number of anilines is 2. The van der Waals surface area contributed by atoms with E-state index in [1.54, 1.807) is 11.3 Å². The van der Waals surface area contributed by atoms with Crippen molar-refractivity contribution < 1.29 is 14.3 Å². The predicted molar refractivity (Wildman–Crippen MR) is 103 cm³/mol. The number of aromatic nitrogens is 1. The number of carbonyl (C=O) groups excluding carboxylic acids is 2. The highest BCUT2D eigenvalue weighted by Crippen LogP contribution is 2.31. The number of urea groups is 1. The Labute approximate surface area is 155 Å². The van der Waals surface area contributed by atoms with Crippen molar-refractivity contribution in [1.82, 2.24) is 10.3 Å². The van der Waals surface area contributed by atoms with Crippen LogP contribution in [-0.2, 0) is 9.53 Å². The molecule has 0 aliphatic carbocycles. The van der Waals surface area contributed by atoms with Gasteiger partial charge in [0.25, 0.3) is 0 Å². The van der Waals surface area contributed by atoms with Crippen LogP contribution in [0.15, 0.2) is 18.2 Å². The summed E-state index contributed by atoms with van der Waals surface area (Å²) in [6.07, 6.45) is 0. The van der Waals surface area contributed by atoms with Crippen molar-refractivity contribution in [3.8, 4) is 0 Å². The van der Waals surface area contributed by atoms with Crippen LogP contribution in [-0.4, -0.2) is 49.3 Å². The first kappa shape index (κ1) is 18.4. The summed E-state index contributed by atoms with van der Waals surface area (Å²) in [5.74, 6) is -0.376. The van der Waals surface area contributed by atoms with Crippen molar-refractivity contribution in [3.63, 3.8) is 0 Å². The minimum atomic E-state index is -0.716. The van der Waals surface area contributed by atoms with Gasteiger partial charge in [0.1, 0.15) is 6.04 Å². The molecule has 1 fully saturated rings. The van der Waals surface area contributed by atoms with E-state index in [1.807, 2.05) is 32.0 Å². The largest absolute Gasteiger partial charge is 0.378 e. The molecular formula is C17H23N5O3S. The molecule has 2 aromatic rings. The Morgan fingerprint density at radius 1 is 1.31 bits per heavy atom. The van der Waals surface area contributed by atoms with Crippen molar-refractivity contribution >= 4 is 44.3 Å². The van der Waals surface area contributed by atoms with Gasteiger partial charge >= 0.3 is 6.03 Å². The number of amides is 3. The van der Waals surface area contributed by atoms with E-state index in [9.17, 15) is 9.59 Å². The fourth-order valence-corrected chi connectivity index (χ4v) is 3.84. The number of nitrogens with zero attached hydrogens (tertiary/aromatic N) is 2. The number of thiazole rings is 1. The van der Waals surface area contributed by atoms with Gasteiger partial charge in [-0.25, -0.2) is 9.78 Å². The molecule has 3 amide bonds. The highest BCUT2D eigenvalue weighted by Gasteiger charge is 2.23. The molecule has 1 aromatic carbocycles. The zero-order valence-corrected chi connectivity index (χ0v) is 15.6. The summed E-state index contributed by atoms with van der Waals surface area (Å²) in [6, 6.07) is 4.19. The zero-order chi connectivity index (χ0) is 18.7. The van der Waals surface area contributed by atoms with Crippen LogP contribution in [0.4, 0.5) is 15.6 Å². The number of nitrogens with one attached hydrogen (secondary N) is 2. The van der Waals surface area contributed by atoms with E-state index >= 15 is 0 Å². The maximum Gasteiger partial charge on any atom is 0.312 e. The second kappa shape index (κ2) is 7.88. The maximum absolute atomic E-state index is 12.5. The second-order valence-electron chi connectivity index (χ2n) is 6.50. The molecule has 1 atom stereocenters. The van der Waals surface area contributed by atoms with Crippen LogP contribution < -0.4 is 21.3 Å². The quantitative estimate of drug-likeness (QED) is 0.736. The van der Waals surface area contributed by atoms with Gasteiger partial charge in [-0.05, 0) is 24.1 Å². The first-order chi connectivity index (χ1) is 12.4. The van der Waals surface area contributed by atoms with Gasteiger partial charge in [-0.2, -0.15) is 0 Å². The smallest absolute Gasteiger partial charge is 0.312 e. The topological polar surface area (TPSA) is 110 Å². The fourth-order valence-electron chi connectivity index (χ4n) is 2.79. The van der Waals surface area contributed by atoms with Gasteiger partial charge in [0.2, 0.25) is 5.91 Å². The minimum Gasteiger partial charge on any atom is -0.378 e. The van der Waals surface area contributed by atoms with Gasteiger partial charge in [0, 0.05) is 18.8 Å². The lowest BCUT2D eigenvalue weighted by atomic mass is 10.0. The SMILES string of the molecule is CC(C)[C@H](NC(N)=O)C(=O)Nc1ccc2nc(N3CCOCC3)sc2c1. The normalized spacial score (nSPS) is 15.9. The number of rotatable bonds is 5. The monoisotopic (exact) mass is 377 g/mol. The summed E-state index contributed by atoms with van der Waals surface area (Å²) in [5, 5.41) is 6.29. The molecule has 9 heteroatoms. The van der Waals surface area contributed by atoms with Gasteiger partial charge in [0.05, 0.1) is 23.4 Å². The van der Waals surface area contributed by atoms with E-state index in [-0.39, 0.29) is 11.8 Å². The number of benzene rings is 1. The second-order valence-corrected chi connectivity index (χ2v) is 7.51. The summed E-state index contributed by atoms with van der Waals surface area (Å²) in [5.41, 5.74) is 6.72. The highest BCUT2D eigenvalue weighted by atomic mass is 32.1. The average Bonchev–Trinajstić information content (AvgIpc) is 3.03. The molecule has 0 radical (unpaired) electrons. The molecular weight excluding hydrogens is 354 g/mol. The van der Waals surface area contributed by atoms with Crippen LogP contribution in [0.25, 0.3) is 10.2 Å². The molecule has 1 aliphatic heterocycles. The van der Waals surface area contributed by atoms with Gasteiger partial charge in [-0.15, -0.1) is 0 Å². The highest BCUT2D eigenvalue weighted by molar-refractivity contribution is 7.22. The summed E-state index contributed by atoms with van der Waals surface area (Å²) in [7, 11) is 0. The van der Waals surface area contributed by atoms with E-state index in [0.29, 0.717) is 18.9 Å². The van der Waals surface area contributed by atoms with E-state index in [2.05, 4.69) is 20.5 Å². The third-order valence-electron chi connectivity index (χ3n) is 4.17. The number of hydrogen-bond acceptors (Lipinski definition) is 6. The molecule has 0 saturated carbocycles. The van der Waals surface area contributed by atoms with Crippen molar-refractivity contribution in [2.75, 3.05) is 36.5 Å². The van der Waals surface area contributed by atoms with Crippen LogP contribution in [0.1, 0.15) is 13.8 Å². The molecule has 2 heterocycles. The Hall–Kier alpha value is -2.39. The molecule has 1 aromatic heterocycles. The molecule has 8 nitrogen and oxygen atoms in total. The van der Waals surface area contributed by atoms with Crippen LogP contribution in [0.3, 0.4) is 0 Å². The van der Waals surface area contributed by atoms with Crippen molar-refractivity contribution in [1.29, 1.82) is 0 Å². The van der Waals surface area contributed by atoms with Crippen LogP contribution in [0, 0.1) is 5.92 Å². The Kier molecular flexibility index (Phi) is 5.58. The summed E-state index contributed by atoms with van der Waals surface area (Å²) in [4.78, 5) is 30.4. The van der Waals surface area contributed by atoms with Crippen LogP contribution >= 0.6 is 11.3 Å². The summed E-state index contributed by atoms with van der Waals surface area (Å²) in [6.45, 7) is 6.78. The predicted octanol–water partition coefficient (Wildman–Crippen LogP) is 1.76. The number of morpholine rings is 1. The molecule has 1 aliphatic rings. The lowest BCUT2D eigenvalue weighted by molar-refractivity contribution is -0.118. The molecule has 0 unspecified atom stereocenters. The van der Waals surface area contributed by atoms with Gasteiger partial charge in [-0.1, -0.05) is 25.2 Å². The molecule has 0 bridgehead atoms. The molecule has 26 heavy (non-hydrogen) atoms. The van der Waals surface area contributed by atoms with Gasteiger partial charge in [0.15, 0.2) is 5.13 Å². The van der Waals surface area contributed by atoms with Crippen LogP contribution in [0.5, 0.6) is 0 Å². The Balaban J connectivity index is 1.75. The van der Waals surface area contributed by atoms with E-state index in [1.165, 1.54) is 0 Å². The summed E-state index contributed by atoms with van der Waals surface area (Å²) < 4.78 is 6.37. The lowest BCUT2D eigenvalue weighted by Gasteiger charge is -2.25. The van der Waals surface area contributed by atoms with E-state index in [4.69, 9.17) is 10.5 Å². The Morgan fingerprint density at radius 3 is 2.69 bits per heavy atom. The Morgan fingerprint density at radius 2 is 2.04 bits per heavy atom. The number of primary amides is 1. The number of ether oxygens (including phenoxy) is 1. The summed E-state index contributed by atoms with van der Waals surface area (Å²) >= 11 is 1.59. The third kappa shape index (κ3) is 4.23. The minimum absolute atomic E-state index is 0.0810. The average molecular weight is 377 g/mol. The molecule has 3 rings (SSSR count). The zero-order valence-electron chi connectivity index (χ0n) is 14.8. The lowest BCUT2D eigenvalue weighted by Crippen LogP contribution is -2.49. The number of hydrogen-bond donors (Lipinski definition) is 3. The van der Waals surface area contributed by atoms with Crippen molar-refractivity contribution in [2.45, 2.75) is 19.9 Å². The first-order valence-electron chi connectivity index (χ1n) is 8.54. The third-order valence-corrected chi connectivity index (χ3v) is 5.25. The molecule has 0 spiro atoms. The molecule has 1 saturated heterocycles. The van der Waals surface area contributed by atoms with Gasteiger partial charge < -0.3 is 26.0 Å². The van der Waals surface area contributed by atoms with Gasteiger partial charge in [-0.3, -0.25) is 4.79 Å². The molecule has 140 valence electrons. The van der Waals surface area contributed by atoms with Crippen molar-refractivity contribution in [3.05, 3.63) is 18.2 Å². The van der Waals surface area contributed by atoms with E-state index in [0.717, 1.165) is 28.4 Å². The number of carbonyl (C=O) groups is 2. The van der Waals surface area contributed by atoms with Crippen LogP contribution in [0.2, 0.25) is 0 Å². The van der Waals surface area contributed by atoms with E-state index < -0.39 is 12.1 Å². The first-order valence-corrected chi connectivity index (χ1v) is 9.36. The fraction of sp³-hybridized carbons (Fsp3) is 0.471. The maximum atomic E-state index is 12.5. The number of nitrogens with two attached hydrogens (primary N) is 1. The number of fused-ring (bicyclic) bond motifs is 1. The standard InChI is InChI=1S/C17H23N5O3S/c1-10(2)14(21-16(18)24)15(23)19-11-3-4-12-13(9-11)26-17(20-12)22-5-7-25-8-6-22/h3-4,9-10,14H,5-8H2,1-2H3,(H,19,23)(H3,18,21,24)/t14-/m0/s1. The Bertz CT molecular complexity index is 801. The van der Waals surface area contributed by atoms with Crippen molar-refractivity contribution in [2.24, 2.45) is 11.7 Å².